The van der Waals surface area contributed by atoms with E-state index >= 15 is 0 Å². The lowest BCUT2D eigenvalue weighted by molar-refractivity contribution is 0.0926. The fourth-order valence-corrected chi connectivity index (χ4v) is 2.01. The van der Waals surface area contributed by atoms with Crippen molar-refractivity contribution in [2.24, 2.45) is 12.5 Å². The summed E-state index contributed by atoms with van der Waals surface area (Å²) in [5.74, 6) is 0. The molecule has 13 heavy (non-hydrogen) atoms. The predicted octanol–water partition coefficient (Wildman–Crippen LogP) is 1.48. The Morgan fingerprint density at radius 2 is 2.54 bits per heavy atom. The number of hydrogen-bond acceptors (Lipinski definition) is 2. The first kappa shape index (κ1) is 8.75. The van der Waals surface area contributed by atoms with E-state index in [1.165, 1.54) is 12.1 Å². The summed E-state index contributed by atoms with van der Waals surface area (Å²) in [5.41, 5.74) is 1.73. The minimum Gasteiger partial charge on any atom is -0.308 e. The van der Waals surface area contributed by atoms with Crippen molar-refractivity contribution < 1.29 is 0 Å². The first-order valence-electron chi connectivity index (χ1n) is 4.88. The summed E-state index contributed by atoms with van der Waals surface area (Å²) in [7, 11) is 2.01. The fraction of sp³-hybridized carbons (Fsp3) is 0.700. The Hall–Kier alpha value is -0.830. The second-order valence-corrected chi connectivity index (χ2v) is 4.20. The van der Waals surface area contributed by atoms with Gasteiger partial charge in [0, 0.05) is 25.2 Å². The monoisotopic (exact) mass is 179 g/mol. The van der Waals surface area contributed by atoms with Gasteiger partial charge in [0.05, 0.1) is 11.7 Å². The summed E-state index contributed by atoms with van der Waals surface area (Å²) >= 11 is 0. The van der Waals surface area contributed by atoms with E-state index < -0.39 is 0 Å². The van der Waals surface area contributed by atoms with Gasteiger partial charge in [-0.25, -0.2) is 0 Å². The highest BCUT2D eigenvalue weighted by Gasteiger charge is 2.42. The molecule has 0 bridgehead atoms. The van der Waals surface area contributed by atoms with Crippen LogP contribution in [-0.2, 0) is 7.05 Å². The average Bonchev–Trinajstić information content (AvgIpc) is 2.49. The summed E-state index contributed by atoms with van der Waals surface area (Å²) in [6, 6.07) is 2.59. The van der Waals surface area contributed by atoms with E-state index in [0.29, 0.717) is 11.5 Å². The predicted molar refractivity (Wildman–Crippen MR) is 52.3 cm³/mol. The molecule has 72 valence electrons. The molecule has 0 radical (unpaired) electrons. The van der Waals surface area contributed by atoms with Gasteiger partial charge < -0.3 is 5.32 Å². The minimum atomic E-state index is 0.424. The Balaban J connectivity index is 2.24. The highest BCUT2D eigenvalue weighted by Crippen LogP contribution is 2.42. The van der Waals surface area contributed by atoms with Gasteiger partial charge in [0.25, 0.3) is 0 Å². The van der Waals surface area contributed by atoms with Crippen LogP contribution in [0, 0.1) is 5.41 Å². The van der Waals surface area contributed by atoms with Crippen molar-refractivity contribution in [3.8, 4) is 0 Å². The van der Waals surface area contributed by atoms with Crippen LogP contribution in [0.1, 0.15) is 32.0 Å². The Bertz CT molecular complexity index is 301. The molecule has 1 aromatic heterocycles. The normalized spacial score (nSPS) is 33.0. The third-order valence-corrected chi connectivity index (χ3v) is 3.37. The molecule has 0 aromatic carbocycles. The van der Waals surface area contributed by atoms with Crippen LogP contribution in [0.25, 0.3) is 0 Å². The molecule has 0 amide bonds. The third-order valence-electron chi connectivity index (χ3n) is 3.37. The summed E-state index contributed by atoms with van der Waals surface area (Å²) in [5, 5.41) is 7.67. The van der Waals surface area contributed by atoms with Crippen molar-refractivity contribution >= 4 is 0 Å². The number of rotatable bonds is 2. The van der Waals surface area contributed by atoms with E-state index in [0.717, 1.165) is 6.54 Å². The van der Waals surface area contributed by atoms with Gasteiger partial charge in [-0.2, -0.15) is 5.10 Å². The number of hydrogen-bond donors (Lipinski definition) is 1. The highest BCUT2D eigenvalue weighted by atomic mass is 15.3. The van der Waals surface area contributed by atoms with E-state index in [1.807, 2.05) is 17.9 Å². The van der Waals surface area contributed by atoms with Crippen LogP contribution in [-0.4, -0.2) is 16.3 Å². The summed E-state index contributed by atoms with van der Waals surface area (Å²) in [6.45, 7) is 5.71. The smallest absolute Gasteiger partial charge is 0.0558 e. The van der Waals surface area contributed by atoms with E-state index in [2.05, 4.69) is 30.3 Å². The maximum absolute atomic E-state index is 4.20. The molecule has 0 aliphatic carbocycles. The lowest BCUT2D eigenvalue weighted by atomic mass is 9.72. The van der Waals surface area contributed by atoms with Crippen LogP contribution in [0.4, 0.5) is 0 Å². The number of nitrogens with zero attached hydrogens (tertiary/aromatic N) is 2. The highest BCUT2D eigenvalue weighted by molar-refractivity contribution is 5.16. The Morgan fingerprint density at radius 1 is 1.77 bits per heavy atom. The second-order valence-electron chi connectivity index (χ2n) is 4.20. The number of aromatic nitrogens is 2. The van der Waals surface area contributed by atoms with Gasteiger partial charge in [-0.3, -0.25) is 4.68 Å². The van der Waals surface area contributed by atoms with Crippen LogP contribution in [0.5, 0.6) is 0 Å². The van der Waals surface area contributed by atoms with E-state index in [1.54, 1.807) is 0 Å². The molecule has 3 nitrogen and oxygen atoms in total. The van der Waals surface area contributed by atoms with Crippen LogP contribution in [0.15, 0.2) is 12.3 Å². The molecule has 1 N–H and O–H groups in total. The van der Waals surface area contributed by atoms with E-state index in [9.17, 15) is 0 Å². The van der Waals surface area contributed by atoms with Crippen molar-refractivity contribution in [1.29, 1.82) is 0 Å². The molecule has 1 aliphatic rings. The molecule has 0 saturated carbocycles. The molecular formula is C10H17N3. The zero-order valence-corrected chi connectivity index (χ0v) is 8.54. The zero-order chi connectivity index (χ0) is 9.47. The first-order valence-corrected chi connectivity index (χ1v) is 4.88. The van der Waals surface area contributed by atoms with Gasteiger partial charge in [0.1, 0.15) is 0 Å². The van der Waals surface area contributed by atoms with Crippen molar-refractivity contribution in [3.63, 3.8) is 0 Å². The van der Waals surface area contributed by atoms with Crippen molar-refractivity contribution in [1.82, 2.24) is 15.1 Å². The molecule has 1 fully saturated rings. The molecule has 3 heteroatoms. The Kier molecular flexibility index (Phi) is 1.91. The minimum absolute atomic E-state index is 0.424. The molecule has 1 saturated heterocycles. The molecular weight excluding hydrogens is 162 g/mol. The van der Waals surface area contributed by atoms with Crippen LogP contribution >= 0.6 is 0 Å². The molecule has 2 unspecified atom stereocenters. The van der Waals surface area contributed by atoms with Gasteiger partial charge in [0.2, 0.25) is 0 Å². The number of aryl methyl sites for hydroxylation is 1. The van der Waals surface area contributed by atoms with Gasteiger partial charge in [-0.15, -0.1) is 0 Å². The van der Waals surface area contributed by atoms with Crippen LogP contribution < -0.4 is 5.32 Å². The zero-order valence-electron chi connectivity index (χ0n) is 8.54. The topological polar surface area (TPSA) is 29.9 Å². The van der Waals surface area contributed by atoms with Gasteiger partial charge in [0.15, 0.2) is 0 Å². The summed E-state index contributed by atoms with van der Waals surface area (Å²) < 4.78 is 1.96. The number of nitrogens with one attached hydrogen (secondary N) is 1. The quantitative estimate of drug-likeness (QED) is 0.745. The molecule has 1 aromatic rings. The lowest BCUT2D eigenvalue weighted by Gasteiger charge is -2.47. The van der Waals surface area contributed by atoms with Crippen LogP contribution in [0.3, 0.4) is 0 Å². The molecule has 2 atom stereocenters. The Labute approximate surface area is 79.1 Å². The van der Waals surface area contributed by atoms with Gasteiger partial charge in [-0.05, 0) is 12.5 Å². The van der Waals surface area contributed by atoms with E-state index in [-0.39, 0.29) is 0 Å². The molecule has 0 spiro atoms. The van der Waals surface area contributed by atoms with Crippen molar-refractivity contribution in [2.45, 2.75) is 26.3 Å². The maximum Gasteiger partial charge on any atom is 0.0558 e. The van der Waals surface area contributed by atoms with Gasteiger partial charge >= 0.3 is 0 Å². The fourth-order valence-electron chi connectivity index (χ4n) is 2.01. The average molecular weight is 179 g/mol. The molecule has 2 heterocycles. The largest absolute Gasteiger partial charge is 0.308 e. The Morgan fingerprint density at radius 3 is 2.92 bits per heavy atom. The van der Waals surface area contributed by atoms with Crippen LogP contribution in [0.2, 0.25) is 0 Å². The summed E-state index contributed by atoms with van der Waals surface area (Å²) in [4.78, 5) is 0. The molecule has 2 rings (SSSR count). The van der Waals surface area contributed by atoms with E-state index in [4.69, 9.17) is 0 Å². The standard InChI is InChI=1S/C10H17N3/c1-4-10(2)7-11-9(10)8-5-6-12-13(8)3/h5-6,9,11H,4,7H2,1-3H3. The lowest BCUT2D eigenvalue weighted by Crippen LogP contribution is -2.54. The third kappa shape index (κ3) is 1.18. The van der Waals surface area contributed by atoms with Gasteiger partial charge in [-0.1, -0.05) is 13.8 Å². The second kappa shape index (κ2) is 2.84. The van der Waals surface area contributed by atoms with Crippen molar-refractivity contribution in [2.75, 3.05) is 6.54 Å². The molecule has 1 aliphatic heterocycles. The summed E-state index contributed by atoms with van der Waals surface area (Å²) in [6.07, 6.45) is 3.08. The SMILES string of the molecule is CCC1(C)CNC1c1ccnn1C. The maximum atomic E-state index is 4.20. The first-order chi connectivity index (χ1) is 6.17. The van der Waals surface area contributed by atoms with Crippen molar-refractivity contribution in [3.05, 3.63) is 18.0 Å².